The first kappa shape index (κ1) is 17.9. The summed E-state index contributed by atoms with van der Waals surface area (Å²) in [5.41, 5.74) is 1.54. The highest BCUT2D eigenvalue weighted by molar-refractivity contribution is 7.09. The monoisotopic (exact) mass is 346 g/mol. The number of benzene rings is 1. The van der Waals surface area contributed by atoms with E-state index in [-0.39, 0.29) is 17.9 Å². The van der Waals surface area contributed by atoms with Crippen LogP contribution in [0.3, 0.4) is 0 Å². The van der Waals surface area contributed by atoms with Crippen LogP contribution in [0.15, 0.2) is 35.8 Å². The van der Waals surface area contributed by atoms with Gasteiger partial charge in [0, 0.05) is 50.2 Å². The second-order valence-electron chi connectivity index (χ2n) is 5.59. The zero-order valence-electron chi connectivity index (χ0n) is 14.1. The lowest BCUT2D eigenvalue weighted by Crippen LogP contribution is -2.38. The number of thiazole rings is 1. The molecule has 0 saturated heterocycles. The first-order valence-electron chi connectivity index (χ1n) is 7.70. The maximum absolute atomic E-state index is 12.2. The van der Waals surface area contributed by atoms with Crippen molar-refractivity contribution in [2.24, 2.45) is 0 Å². The molecule has 0 aliphatic heterocycles. The minimum absolute atomic E-state index is 0.124. The van der Waals surface area contributed by atoms with Gasteiger partial charge in [-0.15, -0.1) is 11.3 Å². The molecule has 0 saturated carbocycles. The molecule has 0 fully saturated rings. The Balaban J connectivity index is 1.82. The maximum Gasteiger partial charge on any atom is 0.317 e. The van der Waals surface area contributed by atoms with Gasteiger partial charge in [-0.3, -0.25) is 4.79 Å². The maximum atomic E-state index is 12.2. The van der Waals surface area contributed by atoms with Gasteiger partial charge in [-0.1, -0.05) is 19.1 Å². The number of rotatable bonds is 6. The first-order chi connectivity index (χ1) is 11.5. The van der Waals surface area contributed by atoms with Gasteiger partial charge in [0.15, 0.2) is 0 Å². The SMILES string of the molecule is CNC(=O)c1ccc(CNC(=O)N(C)CC(C)c2nccs2)cc1. The van der Waals surface area contributed by atoms with Crippen LogP contribution < -0.4 is 10.6 Å². The van der Waals surface area contributed by atoms with Crippen molar-refractivity contribution in [1.29, 1.82) is 0 Å². The summed E-state index contributed by atoms with van der Waals surface area (Å²) in [5, 5.41) is 8.42. The Morgan fingerprint density at radius 3 is 2.58 bits per heavy atom. The highest BCUT2D eigenvalue weighted by atomic mass is 32.1. The van der Waals surface area contributed by atoms with Gasteiger partial charge in [0.25, 0.3) is 5.91 Å². The zero-order valence-corrected chi connectivity index (χ0v) is 14.9. The summed E-state index contributed by atoms with van der Waals surface area (Å²) in [6.07, 6.45) is 1.78. The van der Waals surface area contributed by atoms with Gasteiger partial charge in [0.05, 0.1) is 5.01 Å². The van der Waals surface area contributed by atoms with E-state index < -0.39 is 0 Å². The minimum Gasteiger partial charge on any atom is -0.355 e. The van der Waals surface area contributed by atoms with Crippen molar-refractivity contribution in [3.05, 3.63) is 52.0 Å². The standard InChI is InChI=1S/C17H22N4O2S/c1-12(16-19-8-9-24-16)11-21(3)17(23)20-10-13-4-6-14(7-5-13)15(22)18-2/h4-9,12H,10-11H2,1-3H3,(H,18,22)(H,20,23). The van der Waals surface area contributed by atoms with Gasteiger partial charge < -0.3 is 15.5 Å². The predicted molar refractivity (Wildman–Crippen MR) is 95.2 cm³/mol. The number of nitrogens with one attached hydrogen (secondary N) is 2. The molecule has 128 valence electrons. The largest absolute Gasteiger partial charge is 0.355 e. The Morgan fingerprint density at radius 2 is 2.00 bits per heavy atom. The normalized spacial score (nSPS) is 11.6. The number of hydrogen-bond acceptors (Lipinski definition) is 4. The van der Waals surface area contributed by atoms with Gasteiger partial charge in [-0.2, -0.15) is 0 Å². The lowest BCUT2D eigenvalue weighted by Gasteiger charge is -2.21. The van der Waals surface area contributed by atoms with Crippen LogP contribution in [-0.2, 0) is 6.54 Å². The van der Waals surface area contributed by atoms with E-state index in [2.05, 4.69) is 22.5 Å². The quantitative estimate of drug-likeness (QED) is 0.844. The van der Waals surface area contributed by atoms with E-state index in [4.69, 9.17) is 0 Å². The van der Waals surface area contributed by atoms with E-state index in [1.165, 1.54) is 0 Å². The van der Waals surface area contributed by atoms with Crippen LogP contribution in [0.4, 0.5) is 4.79 Å². The first-order valence-corrected chi connectivity index (χ1v) is 8.58. The van der Waals surface area contributed by atoms with Crippen LogP contribution in [0.25, 0.3) is 0 Å². The molecule has 0 spiro atoms. The Hall–Kier alpha value is -2.41. The molecule has 3 amide bonds. The Labute approximate surface area is 145 Å². The Morgan fingerprint density at radius 1 is 1.29 bits per heavy atom. The molecule has 2 rings (SSSR count). The topological polar surface area (TPSA) is 74.3 Å². The van der Waals surface area contributed by atoms with Crippen LogP contribution in [-0.4, -0.2) is 42.5 Å². The molecular formula is C17H22N4O2S. The molecule has 24 heavy (non-hydrogen) atoms. The van der Waals surface area contributed by atoms with Crippen LogP contribution in [0.1, 0.15) is 33.8 Å². The van der Waals surface area contributed by atoms with Gasteiger partial charge in [0.2, 0.25) is 0 Å². The fourth-order valence-electron chi connectivity index (χ4n) is 2.28. The molecule has 0 aliphatic carbocycles. The molecule has 6 nitrogen and oxygen atoms in total. The smallest absolute Gasteiger partial charge is 0.317 e. The van der Waals surface area contributed by atoms with Crippen molar-refractivity contribution < 1.29 is 9.59 Å². The lowest BCUT2D eigenvalue weighted by molar-refractivity contribution is 0.0963. The van der Waals surface area contributed by atoms with E-state index >= 15 is 0 Å². The van der Waals surface area contributed by atoms with Crippen molar-refractivity contribution in [2.75, 3.05) is 20.6 Å². The van der Waals surface area contributed by atoms with E-state index in [1.807, 2.05) is 17.5 Å². The summed E-state index contributed by atoms with van der Waals surface area (Å²) in [4.78, 5) is 29.6. The van der Waals surface area contributed by atoms with Crippen molar-refractivity contribution in [2.45, 2.75) is 19.4 Å². The molecule has 7 heteroatoms. The van der Waals surface area contributed by atoms with Crippen molar-refractivity contribution in [3.63, 3.8) is 0 Å². The molecule has 1 aromatic carbocycles. The number of carbonyl (C=O) groups excluding carboxylic acids is 2. The molecule has 2 aromatic rings. The summed E-state index contributed by atoms with van der Waals surface area (Å²) in [6.45, 7) is 3.08. The number of nitrogens with zero attached hydrogens (tertiary/aromatic N) is 2. The average Bonchev–Trinajstić information content (AvgIpc) is 3.14. The van der Waals surface area contributed by atoms with Gasteiger partial charge >= 0.3 is 6.03 Å². The summed E-state index contributed by atoms with van der Waals surface area (Å²) < 4.78 is 0. The van der Waals surface area contributed by atoms with Crippen molar-refractivity contribution in [3.8, 4) is 0 Å². The third-order valence-corrected chi connectivity index (χ3v) is 4.66. The molecular weight excluding hydrogens is 324 g/mol. The molecule has 1 atom stereocenters. The number of likely N-dealkylation sites (N-methyl/N-ethyl adjacent to an activating group) is 1. The average molecular weight is 346 g/mol. The van der Waals surface area contributed by atoms with Gasteiger partial charge in [0.1, 0.15) is 0 Å². The van der Waals surface area contributed by atoms with E-state index in [0.717, 1.165) is 10.6 Å². The van der Waals surface area contributed by atoms with Crippen LogP contribution >= 0.6 is 11.3 Å². The fraction of sp³-hybridized carbons (Fsp3) is 0.353. The molecule has 1 heterocycles. The highest BCUT2D eigenvalue weighted by Gasteiger charge is 2.15. The van der Waals surface area contributed by atoms with Gasteiger partial charge in [-0.05, 0) is 17.7 Å². The molecule has 2 N–H and O–H groups in total. The zero-order chi connectivity index (χ0) is 17.5. The number of aromatic nitrogens is 1. The minimum atomic E-state index is -0.131. The summed E-state index contributed by atoms with van der Waals surface area (Å²) >= 11 is 1.60. The molecule has 0 aliphatic rings. The third kappa shape index (κ3) is 4.79. The van der Waals surface area contributed by atoms with Crippen LogP contribution in [0.2, 0.25) is 0 Å². The summed E-state index contributed by atoms with van der Waals surface area (Å²) in [5.74, 6) is 0.0779. The number of carbonyl (C=O) groups is 2. The summed E-state index contributed by atoms with van der Waals surface area (Å²) in [6, 6.07) is 7.03. The van der Waals surface area contributed by atoms with Gasteiger partial charge in [-0.25, -0.2) is 9.78 Å². The lowest BCUT2D eigenvalue weighted by atomic mass is 10.1. The number of amides is 3. The fourth-order valence-corrected chi connectivity index (χ4v) is 2.97. The molecule has 1 unspecified atom stereocenters. The number of hydrogen-bond donors (Lipinski definition) is 2. The number of urea groups is 1. The summed E-state index contributed by atoms with van der Waals surface area (Å²) in [7, 11) is 3.37. The molecule has 1 aromatic heterocycles. The van der Waals surface area contributed by atoms with Crippen molar-refractivity contribution >= 4 is 23.3 Å². The van der Waals surface area contributed by atoms with E-state index in [0.29, 0.717) is 18.7 Å². The highest BCUT2D eigenvalue weighted by Crippen LogP contribution is 2.18. The second-order valence-corrected chi connectivity index (χ2v) is 6.51. The Bertz CT molecular complexity index is 670. The third-order valence-electron chi connectivity index (χ3n) is 3.65. The van der Waals surface area contributed by atoms with E-state index in [1.54, 1.807) is 48.7 Å². The molecule has 0 radical (unpaired) electrons. The predicted octanol–water partition coefficient (Wildman–Crippen LogP) is 2.45. The van der Waals surface area contributed by atoms with Crippen molar-refractivity contribution in [1.82, 2.24) is 20.5 Å². The molecule has 0 bridgehead atoms. The Kier molecular flexibility index (Phi) is 6.31. The second kappa shape index (κ2) is 8.44. The van der Waals surface area contributed by atoms with E-state index in [9.17, 15) is 9.59 Å². The van der Waals surface area contributed by atoms with Crippen LogP contribution in [0, 0.1) is 0 Å². The van der Waals surface area contributed by atoms with Crippen LogP contribution in [0.5, 0.6) is 0 Å².